The lowest BCUT2D eigenvalue weighted by Gasteiger charge is -2.28. The van der Waals surface area contributed by atoms with E-state index in [0.29, 0.717) is 33.5 Å². The van der Waals surface area contributed by atoms with Gasteiger partial charge in [-0.1, -0.05) is 90.4 Å². The van der Waals surface area contributed by atoms with E-state index in [0.717, 1.165) is 27.6 Å². The molecule has 0 aliphatic carbocycles. The first-order valence-electron chi connectivity index (χ1n) is 10.3. The Kier molecular flexibility index (Phi) is 6.70. The summed E-state index contributed by atoms with van der Waals surface area (Å²) in [6.45, 7) is 4.65. The van der Waals surface area contributed by atoms with Crippen molar-refractivity contribution in [2.75, 3.05) is 10.6 Å². The number of nitrogens with two attached hydrogens (primary N) is 1. The van der Waals surface area contributed by atoms with Crippen LogP contribution in [0.2, 0.25) is 10.0 Å². The highest BCUT2D eigenvalue weighted by Gasteiger charge is 2.19. The summed E-state index contributed by atoms with van der Waals surface area (Å²) < 4.78 is 0. The largest absolute Gasteiger partial charge is 0.397 e. The van der Waals surface area contributed by atoms with Gasteiger partial charge in [0.25, 0.3) is 0 Å². The van der Waals surface area contributed by atoms with E-state index >= 15 is 0 Å². The lowest BCUT2D eigenvalue weighted by Crippen LogP contribution is -2.23. The van der Waals surface area contributed by atoms with Crippen molar-refractivity contribution in [2.24, 2.45) is 0 Å². The highest BCUT2D eigenvalue weighted by molar-refractivity contribution is 6.35. The number of nitrogen functional groups attached to an aromatic ring is 1. The molecular weight excluding hydrogens is 449 g/mol. The van der Waals surface area contributed by atoms with Crippen molar-refractivity contribution < 1.29 is 0 Å². The molecule has 4 rings (SSSR count). The molecule has 0 atom stereocenters. The third kappa shape index (κ3) is 4.88. The molecule has 4 aromatic carbocycles. The minimum atomic E-state index is 0.373. The standard InChI is InChI=1S/C28H21Cl2N3/c1-19(23(17-31)15-21-9-6-8-20-7-2-3-10-25(20)21)33(28-12-5-4-11-27(28)32)18-22-13-14-24(29)16-26(22)30/h2-16H,1,18,32H2/b23-15+. The molecule has 0 heterocycles. The number of nitriles is 1. The fraction of sp³-hybridized carbons (Fsp3) is 0.0357. The Morgan fingerprint density at radius 3 is 2.45 bits per heavy atom. The van der Waals surface area contributed by atoms with Crippen LogP contribution in [0.5, 0.6) is 0 Å². The zero-order valence-corrected chi connectivity index (χ0v) is 19.3. The minimum Gasteiger partial charge on any atom is -0.397 e. The Labute approximate surface area is 203 Å². The van der Waals surface area contributed by atoms with Gasteiger partial charge in [0.1, 0.15) is 6.07 Å². The van der Waals surface area contributed by atoms with E-state index in [2.05, 4.69) is 12.6 Å². The van der Waals surface area contributed by atoms with Crippen molar-refractivity contribution in [3.8, 4) is 6.07 Å². The highest BCUT2D eigenvalue weighted by Crippen LogP contribution is 2.33. The number of nitrogens with zero attached hydrogens (tertiary/aromatic N) is 2. The number of benzene rings is 4. The summed E-state index contributed by atoms with van der Waals surface area (Å²) >= 11 is 12.5. The summed E-state index contributed by atoms with van der Waals surface area (Å²) in [5.41, 5.74) is 10.4. The van der Waals surface area contributed by atoms with Gasteiger partial charge in [-0.15, -0.1) is 0 Å². The van der Waals surface area contributed by atoms with Crippen LogP contribution >= 0.6 is 23.2 Å². The monoisotopic (exact) mass is 469 g/mol. The summed E-state index contributed by atoms with van der Waals surface area (Å²) in [6, 6.07) is 29.2. The van der Waals surface area contributed by atoms with Gasteiger partial charge in [-0.05, 0) is 52.2 Å². The normalized spacial score (nSPS) is 11.2. The number of para-hydroxylation sites is 2. The van der Waals surface area contributed by atoms with Crippen LogP contribution in [-0.4, -0.2) is 0 Å². The predicted molar refractivity (Wildman–Crippen MR) is 140 cm³/mol. The Morgan fingerprint density at radius 1 is 0.970 bits per heavy atom. The fourth-order valence-corrected chi connectivity index (χ4v) is 4.21. The van der Waals surface area contributed by atoms with Crippen molar-refractivity contribution in [3.05, 3.63) is 124 Å². The van der Waals surface area contributed by atoms with Gasteiger partial charge in [0.15, 0.2) is 0 Å². The van der Waals surface area contributed by atoms with Gasteiger partial charge in [0, 0.05) is 16.6 Å². The second-order valence-corrected chi connectivity index (χ2v) is 8.41. The molecule has 0 saturated heterocycles. The molecule has 0 bridgehead atoms. The number of anilines is 2. The number of rotatable bonds is 6. The Morgan fingerprint density at radius 2 is 1.70 bits per heavy atom. The molecule has 0 aliphatic heterocycles. The van der Waals surface area contributed by atoms with E-state index in [9.17, 15) is 5.26 Å². The molecule has 33 heavy (non-hydrogen) atoms. The van der Waals surface area contributed by atoms with Gasteiger partial charge in [-0.3, -0.25) is 0 Å². The Hall–Kier alpha value is -3.71. The van der Waals surface area contributed by atoms with Crippen molar-refractivity contribution in [3.63, 3.8) is 0 Å². The van der Waals surface area contributed by atoms with E-state index in [1.165, 1.54) is 0 Å². The third-order valence-electron chi connectivity index (χ3n) is 5.45. The maximum Gasteiger partial charge on any atom is 0.101 e. The van der Waals surface area contributed by atoms with E-state index in [4.69, 9.17) is 28.9 Å². The molecule has 0 aromatic heterocycles. The molecule has 2 N–H and O–H groups in total. The van der Waals surface area contributed by atoms with Crippen LogP contribution in [0.3, 0.4) is 0 Å². The zero-order chi connectivity index (χ0) is 23.4. The Balaban J connectivity index is 1.80. The maximum absolute atomic E-state index is 10.1. The predicted octanol–water partition coefficient (Wildman–Crippen LogP) is 7.86. The molecule has 0 aliphatic rings. The molecule has 162 valence electrons. The zero-order valence-electron chi connectivity index (χ0n) is 17.8. The van der Waals surface area contributed by atoms with E-state index < -0.39 is 0 Å². The first-order valence-corrected chi connectivity index (χ1v) is 11.1. The second-order valence-electron chi connectivity index (χ2n) is 7.57. The molecule has 0 saturated carbocycles. The van der Waals surface area contributed by atoms with Crippen LogP contribution in [0, 0.1) is 11.3 Å². The molecule has 4 aromatic rings. The number of hydrogen-bond acceptors (Lipinski definition) is 3. The van der Waals surface area contributed by atoms with Gasteiger partial charge in [0.2, 0.25) is 0 Å². The number of halogens is 2. The molecule has 3 nitrogen and oxygen atoms in total. The fourth-order valence-electron chi connectivity index (χ4n) is 3.74. The van der Waals surface area contributed by atoms with Crippen LogP contribution in [-0.2, 0) is 6.54 Å². The number of allylic oxidation sites excluding steroid dienone is 1. The summed E-state index contributed by atoms with van der Waals surface area (Å²) in [6.07, 6.45) is 1.86. The number of fused-ring (bicyclic) bond motifs is 1. The van der Waals surface area contributed by atoms with Crippen LogP contribution in [0.25, 0.3) is 16.8 Å². The lowest BCUT2D eigenvalue weighted by molar-refractivity contribution is 0.932. The smallest absolute Gasteiger partial charge is 0.101 e. The summed E-state index contributed by atoms with van der Waals surface area (Å²) in [5.74, 6) is 0. The van der Waals surface area contributed by atoms with Crippen molar-refractivity contribution in [1.29, 1.82) is 5.26 Å². The molecule has 0 spiro atoms. The molecule has 0 unspecified atom stereocenters. The molecule has 0 fully saturated rings. The average molecular weight is 470 g/mol. The number of hydrogen-bond donors (Lipinski definition) is 1. The first kappa shape index (κ1) is 22.5. The van der Waals surface area contributed by atoms with E-state index in [-0.39, 0.29) is 0 Å². The maximum atomic E-state index is 10.1. The van der Waals surface area contributed by atoms with E-state index in [1.807, 2.05) is 83.8 Å². The molecular formula is C28H21Cl2N3. The van der Waals surface area contributed by atoms with Gasteiger partial charge in [-0.25, -0.2) is 0 Å². The summed E-state index contributed by atoms with van der Waals surface area (Å²) in [5, 5.41) is 13.3. The van der Waals surface area contributed by atoms with Crippen LogP contribution in [0.1, 0.15) is 11.1 Å². The Bertz CT molecular complexity index is 1410. The van der Waals surface area contributed by atoms with Crippen LogP contribution in [0.4, 0.5) is 11.4 Å². The van der Waals surface area contributed by atoms with Crippen molar-refractivity contribution >= 4 is 51.4 Å². The lowest BCUT2D eigenvalue weighted by atomic mass is 10.0. The van der Waals surface area contributed by atoms with Gasteiger partial charge in [0.05, 0.1) is 22.6 Å². The van der Waals surface area contributed by atoms with Crippen molar-refractivity contribution in [2.45, 2.75) is 6.54 Å². The third-order valence-corrected chi connectivity index (χ3v) is 6.04. The average Bonchev–Trinajstić information content (AvgIpc) is 2.82. The SMILES string of the molecule is C=C(/C(C#N)=C/c1cccc2ccccc12)N(Cc1ccc(Cl)cc1Cl)c1ccccc1N. The molecule has 0 radical (unpaired) electrons. The minimum absolute atomic E-state index is 0.373. The first-order chi connectivity index (χ1) is 16.0. The van der Waals surface area contributed by atoms with Gasteiger partial charge in [-0.2, -0.15) is 5.26 Å². The second kappa shape index (κ2) is 9.83. The topological polar surface area (TPSA) is 53.0 Å². The summed E-state index contributed by atoms with van der Waals surface area (Å²) in [7, 11) is 0. The van der Waals surface area contributed by atoms with E-state index in [1.54, 1.807) is 12.1 Å². The molecule has 5 heteroatoms. The van der Waals surface area contributed by atoms with Gasteiger partial charge < -0.3 is 10.6 Å². The van der Waals surface area contributed by atoms with Gasteiger partial charge >= 0.3 is 0 Å². The quantitative estimate of drug-likeness (QED) is 0.177. The highest BCUT2D eigenvalue weighted by atomic mass is 35.5. The van der Waals surface area contributed by atoms with Crippen LogP contribution < -0.4 is 10.6 Å². The summed E-state index contributed by atoms with van der Waals surface area (Å²) in [4.78, 5) is 1.91. The van der Waals surface area contributed by atoms with Crippen molar-refractivity contribution in [1.82, 2.24) is 0 Å². The van der Waals surface area contributed by atoms with Crippen LogP contribution in [0.15, 0.2) is 103 Å². The molecule has 0 amide bonds.